The van der Waals surface area contributed by atoms with Crippen LogP contribution in [0.5, 0.6) is 0 Å². The van der Waals surface area contributed by atoms with Crippen LogP contribution in [0, 0.1) is 11.8 Å². The maximum Gasteiger partial charge on any atom is 0.249 e. The van der Waals surface area contributed by atoms with Crippen molar-refractivity contribution in [1.29, 1.82) is 0 Å². The number of hydrogen-bond acceptors (Lipinski definition) is 6. The van der Waals surface area contributed by atoms with E-state index in [0.29, 0.717) is 49.5 Å². The maximum absolute atomic E-state index is 12.7. The van der Waals surface area contributed by atoms with Crippen LogP contribution in [0.15, 0.2) is 59.5 Å². The molecule has 0 saturated carbocycles. The van der Waals surface area contributed by atoms with E-state index in [4.69, 9.17) is 4.74 Å². The van der Waals surface area contributed by atoms with Gasteiger partial charge in [-0.2, -0.15) is 0 Å². The lowest BCUT2D eigenvalue weighted by Crippen LogP contribution is -2.50. The number of imide groups is 1. The van der Waals surface area contributed by atoms with Crippen LogP contribution in [0.1, 0.15) is 56.6 Å². The highest BCUT2D eigenvalue weighted by Gasteiger charge is 2.36. The molecule has 0 radical (unpaired) electrons. The molecule has 2 atom stereocenters. The number of nitrogens with zero attached hydrogens (tertiary/aromatic N) is 1. The third-order valence-electron chi connectivity index (χ3n) is 7.87. The highest BCUT2D eigenvalue weighted by Crippen LogP contribution is 2.37. The van der Waals surface area contributed by atoms with Gasteiger partial charge in [0, 0.05) is 24.7 Å². The smallest absolute Gasteiger partial charge is 0.249 e. The minimum absolute atomic E-state index is 0.158. The van der Waals surface area contributed by atoms with Crippen LogP contribution in [0.25, 0.3) is 0 Å². The number of hydrogen-bond donors (Lipinski definition) is 2. The minimum atomic E-state index is -0.417. The second kappa shape index (κ2) is 10.4. The summed E-state index contributed by atoms with van der Waals surface area (Å²) in [6.45, 7) is 7.53. The Morgan fingerprint density at radius 1 is 1.03 bits per heavy atom. The number of carbonyl (C=O) groups is 3. The van der Waals surface area contributed by atoms with Crippen molar-refractivity contribution >= 4 is 17.6 Å². The zero-order valence-corrected chi connectivity index (χ0v) is 21.1. The van der Waals surface area contributed by atoms with Gasteiger partial charge in [-0.05, 0) is 79.0 Å². The average molecular weight is 490 g/mol. The van der Waals surface area contributed by atoms with Crippen molar-refractivity contribution in [1.82, 2.24) is 15.5 Å². The molecule has 3 heterocycles. The number of ether oxygens (including phenoxy) is 1. The summed E-state index contributed by atoms with van der Waals surface area (Å²) in [7, 11) is 0. The molecule has 1 aromatic carbocycles. The van der Waals surface area contributed by atoms with Crippen LogP contribution in [0.2, 0.25) is 0 Å². The van der Waals surface area contributed by atoms with Crippen LogP contribution in [-0.2, 0) is 25.7 Å². The summed E-state index contributed by atoms with van der Waals surface area (Å²) in [5.74, 6) is 1.49. The Bertz CT molecular complexity index is 1130. The Balaban J connectivity index is 1.27. The molecule has 2 amide bonds. The summed E-state index contributed by atoms with van der Waals surface area (Å²) in [6.07, 6.45) is 8.41. The molecule has 2 fully saturated rings. The zero-order valence-electron chi connectivity index (χ0n) is 21.1. The van der Waals surface area contributed by atoms with Crippen molar-refractivity contribution in [2.75, 3.05) is 19.6 Å². The number of rotatable bonds is 7. The summed E-state index contributed by atoms with van der Waals surface area (Å²) >= 11 is 0. The first-order chi connectivity index (χ1) is 17.4. The molecule has 36 heavy (non-hydrogen) atoms. The second-order valence-corrected chi connectivity index (χ2v) is 10.6. The van der Waals surface area contributed by atoms with Gasteiger partial charge in [-0.15, -0.1) is 0 Å². The van der Waals surface area contributed by atoms with Gasteiger partial charge in [0.05, 0.1) is 0 Å². The Morgan fingerprint density at radius 2 is 1.78 bits per heavy atom. The molecule has 2 N–H and O–H groups in total. The molecule has 190 valence electrons. The number of amides is 2. The number of carbonyl (C=O) groups excluding carboxylic acids is 3. The Labute approximate surface area is 212 Å². The largest absolute Gasteiger partial charge is 0.484 e. The summed E-state index contributed by atoms with van der Waals surface area (Å²) in [5, 5.41) is 5.88. The van der Waals surface area contributed by atoms with Gasteiger partial charge in [0.2, 0.25) is 17.6 Å². The van der Waals surface area contributed by atoms with Crippen molar-refractivity contribution in [3.8, 4) is 0 Å². The summed E-state index contributed by atoms with van der Waals surface area (Å²) in [5.41, 5.74) is 4.08. The number of ketones is 1. The second-order valence-electron chi connectivity index (χ2n) is 10.6. The fourth-order valence-electron chi connectivity index (χ4n) is 6.07. The van der Waals surface area contributed by atoms with Crippen LogP contribution in [0.4, 0.5) is 0 Å². The Morgan fingerprint density at radius 3 is 2.47 bits per heavy atom. The molecule has 7 nitrogen and oxygen atoms in total. The lowest BCUT2D eigenvalue weighted by Gasteiger charge is -2.34. The van der Waals surface area contributed by atoms with Crippen LogP contribution in [-0.4, -0.2) is 48.2 Å². The highest BCUT2D eigenvalue weighted by molar-refractivity contribution is 6.06. The molecule has 7 heteroatoms. The van der Waals surface area contributed by atoms with Gasteiger partial charge in [-0.1, -0.05) is 38.1 Å². The number of benzene rings is 1. The monoisotopic (exact) mass is 489 g/mol. The number of allylic oxidation sites excluding steroid dienone is 2. The molecule has 2 unspecified atom stereocenters. The van der Waals surface area contributed by atoms with E-state index in [1.165, 1.54) is 24.5 Å². The first-order valence-electron chi connectivity index (χ1n) is 13.1. The zero-order chi connectivity index (χ0) is 25.2. The van der Waals surface area contributed by atoms with E-state index in [1.54, 1.807) is 6.08 Å². The third kappa shape index (κ3) is 5.03. The van der Waals surface area contributed by atoms with Crippen molar-refractivity contribution in [2.24, 2.45) is 11.8 Å². The quantitative estimate of drug-likeness (QED) is 0.572. The molecule has 3 aliphatic heterocycles. The van der Waals surface area contributed by atoms with E-state index in [-0.39, 0.29) is 17.6 Å². The van der Waals surface area contributed by atoms with E-state index < -0.39 is 6.04 Å². The highest BCUT2D eigenvalue weighted by atomic mass is 16.5. The molecule has 5 rings (SSSR count). The van der Waals surface area contributed by atoms with E-state index in [9.17, 15) is 14.4 Å². The average Bonchev–Trinajstić information content (AvgIpc) is 3.29. The van der Waals surface area contributed by atoms with Gasteiger partial charge in [0.15, 0.2) is 5.76 Å². The summed E-state index contributed by atoms with van der Waals surface area (Å²) < 4.78 is 6.09. The first-order valence-corrected chi connectivity index (χ1v) is 13.1. The number of nitrogens with one attached hydrogen (secondary N) is 2. The topological polar surface area (TPSA) is 87.7 Å². The SMILES string of the molecule is CC(C)C(c1ccc(COC2=C3CN(C4CCC(=O)NC4=O)C=C3C=CC2=O)cc1)C1CCNCC1. The molecule has 0 aromatic heterocycles. The molecule has 0 bridgehead atoms. The van der Waals surface area contributed by atoms with E-state index in [0.717, 1.165) is 29.8 Å². The Hall–Kier alpha value is -3.19. The van der Waals surface area contributed by atoms with Crippen molar-refractivity contribution in [3.05, 3.63) is 70.6 Å². The van der Waals surface area contributed by atoms with E-state index >= 15 is 0 Å². The van der Waals surface area contributed by atoms with Crippen molar-refractivity contribution < 1.29 is 19.1 Å². The maximum atomic E-state index is 12.7. The molecule has 2 saturated heterocycles. The lowest BCUT2D eigenvalue weighted by molar-refractivity contribution is -0.136. The van der Waals surface area contributed by atoms with Gasteiger partial charge in [-0.25, -0.2) is 0 Å². The van der Waals surface area contributed by atoms with Gasteiger partial charge in [0.1, 0.15) is 12.6 Å². The fourth-order valence-corrected chi connectivity index (χ4v) is 6.07. The van der Waals surface area contributed by atoms with E-state index in [1.807, 2.05) is 11.1 Å². The first kappa shape index (κ1) is 24.5. The van der Waals surface area contributed by atoms with Crippen molar-refractivity contribution in [2.45, 2.75) is 58.1 Å². The lowest BCUT2D eigenvalue weighted by atomic mass is 9.74. The minimum Gasteiger partial charge on any atom is -0.484 e. The van der Waals surface area contributed by atoms with Gasteiger partial charge in [-0.3, -0.25) is 19.7 Å². The Kier molecular flexibility index (Phi) is 7.10. The molecular weight excluding hydrogens is 454 g/mol. The molecule has 1 aromatic rings. The van der Waals surface area contributed by atoms with Crippen LogP contribution >= 0.6 is 0 Å². The van der Waals surface area contributed by atoms with Gasteiger partial charge >= 0.3 is 0 Å². The number of piperidine rings is 2. The molecular formula is C29H35N3O4. The van der Waals surface area contributed by atoms with Crippen molar-refractivity contribution in [3.63, 3.8) is 0 Å². The predicted molar refractivity (Wildman–Crippen MR) is 137 cm³/mol. The van der Waals surface area contributed by atoms with Gasteiger partial charge in [0.25, 0.3) is 0 Å². The van der Waals surface area contributed by atoms with Gasteiger partial charge < -0.3 is 15.0 Å². The fraction of sp³-hybridized carbons (Fsp3) is 0.483. The van der Waals surface area contributed by atoms with Crippen LogP contribution < -0.4 is 10.6 Å². The molecule has 1 aliphatic carbocycles. The normalized spacial score (nSPS) is 23.6. The third-order valence-corrected chi connectivity index (χ3v) is 7.87. The van der Waals surface area contributed by atoms with E-state index in [2.05, 4.69) is 48.7 Å². The standard InChI is InChI=1S/C29H35N3O4/c1-18(2)27(21-11-13-30-14-12-21)20-5-3-19(4-6-20)17-36-28-23-16-32(15-22(23)7-9-25(28)33)24-8-10-26(34)31-29(24)35/h3-7,9,15,18,21,24,27,30H,8,10-14,16-17H2,1-2H3,(H,31,34,35). The van der Waals surface area contributed by atoms with Crippen LogP contribution in [0.3, 0.4) is 0 Å². The molecule has 0 spiro atoms. The molecule has 4 aliphatic rings. The predicted octanol–water partition coefficient (Wildman–Crippen LogP) is 3.34. The summed E-state index contributed by atoms with van der Waals surface area (Å²) in [4.78, 5) is 38.5. The number of fused-ring (bicyclic) bond motifs is 1. The summed E-state index contributed by atoms with van der Waals surface area (Å²) in [6, 6.07) is 8.25.